The van der Waals surface area contributed by atoms with E-state index in [4.69, 9.17) is 0 Å². The van der Waals surface area contributed by atoms with Crippen LogP contribution in [-0.4, -0.2) is 25.2 Å². The highest BCUT2D eigenvalue weighted by Gasteiger charge is 2.29. The highest BCUT2D eigenvalue weighted by atomic mass is 15.2. The van der Waals surface area contributed by atoms with E-state index in [1.165, 1.54) is 23.2 Å². The summed E-state index contributed by atoms with van der Waals surface area (Å²) < 4.78 is 0. The molecule has 0 saturated carbocycles. The lowest BCUT2D eigenvalue weighted by Crippen LogP contribution is -2.58. The monoisotopic (exact) mass is 260 g/mol. The molecule has 2 atom stereocenters. The second-order valence-electron chi connectivity index (χ2n) is 6.25. The van der Waals surface area contributed by atoms with Gasteiger partial charge in [-0.2, -0.15) is 0 Å². The van der Waals surface area contributed by atoms with Crippen molar-refractivity contribution in [2.24, 2.45) is 5.92 Å². The zero-order valence-electron chi connectivity index (χ0n) is 13.0. The average molecular weight is 260 g/mol. The first-order valence-electron chi connectivity index (χ1n) is 7.60. The Balaban J connectivity index is 2.27. The van der Waals surface area contributed by atoms with E-state index in [9.17, 15) is 0 Å². The van der Waals surface area contributed by atoms with Gasteiger partial charge in [0.05, 0.1) is 0 Å². The maximum Gasteiger partial charge on any atom is 0.0438 e. The van der Waals surface area contributed by atoms with Crippen molar-refractivity contribution in [3.63, 3.8) is 0 Å². The maximum absolute atomic E-state index is 3.68. The standard InChI is InChI=1S/C17H28N2/c1-6-15-11-19(17(10-18-15)12(2)3)16-8-7-13(4)14(5)9-16/h7-9,12,15,17-18H,6,10-11H2,1-5H3. The molecule has 0 radical (unpaired) electrons. The summed E-state index contributed by atoms with van der Waals surface area (Å²) in [5.41, 5.74) is 4.17. The third kappa shape index (κ3) is 3.11. The van der Waals surface area contributed by atoms with Crippen LogP contribution in [0.3, 0.4) is 0 Å². The van der Waals surface area contributed by atoms with E-state index in [1.54, 1.807) is 0 Å². The molecule has 1 saturated heterocycles. The summed E-state index contributed by atoms with van der Waals surface area (Å²) in [6.45, 7) is 13.5. The van der Waals surface area contributed by atoms with Crippen LogP contribution in [0.2, 0.25) is 0 Å². The third-order valence-corrected chi connectivity index (χ3v) is 4.52. The number of nitrogens with zero attached hydrogens (tertiary/aromatic N) is 1. The van der Waals surface area contributed by atoms with Crippen LogP contribution in [-0.2, 0) is 0 Å². The van der Waals surface area contributed by atoms with Crippen molar-refractivity contribution in [3.8, 4) is 0 Å². The quantitative estimate of drug-likeness (QED) is 0.894. The lowest BCUT2D eigenvalue weighted by molar-refractivity contribution is 0.333. The van der Waals surface area contributed by atoms with Crippen molar-refractivity contribution in [1.82, 2.24) is 5.32 Å². The van der Waals surface area contributed by atoms with Gasteiger partial charge in [0, 0.05) is 30.9 Å². The van der Waals surface area contributed by atoms with Crippen LogP contribution in [0.5, 0.6) is 0 Å². The molecule has 2 heteroatoms. The van der Waals surface area contributed by atoms with Crippen LogP contribution in [0.25, 0.3) is 0 Å². The molecular formula is C17H28N2. The zero-order valence-corrected chi connectivity index (χ0v) is 13.0. The van der Waals surface area contributed by atoms with Crippen LogP contribution in [0.1, 0.15) is 38.3 Å². The largest absolute Gasteiger partial charge is 0.365 e. The molecule has 1 aromatic rings. The molecule has 1 aliphatic heterocycles. The number of anilines is 1. The third-order valence-electron chi connectivity index (χ3n) is 4.52. The fourth-order valence-electron chi connectivity index (χ4n) is 2.91. The van der Waals surface area contributed by atoms with Gasteiger partial charge in [-0.25, -0.2) is 0 Å². The Morgan fingerprint density at radius 2 is 2.00 bits per heavy atom. The minimum Gasteiger partial charge on any atom is -0.365 e. The fourth-order valence-corrected chi connectivity index (χ4v) is 2.91. The Bertz CT molecular complexity index is 425. The summed E-state index contributed by atoms with van der Waals surface area (Å²) >= 11 is 0. The van der Waals surface area contributed by atoms with Gasteiger partial charge in [0.1, 0.15) is 0 Å². The Hall–Kier alpha value is -1.02. The van der Waals surface area contributed by atoms with E-state index in [0.717, 1.165) is 13.1 Å². The number of piperazine rings is 1. The van der Waals surface area contributed by atoms with Gasteiger partial charge < -0.3 is 10.2 Å². The van der Waals surface area contributed by atoms with Crippen LogP contribution in [0.15, 0.2) is 18.2 Å². The predicted molar refractivity (Wildman–Crippen MR) is 84.0 cm³/mol. The first kappa shape index (κ1) is 14.4. The van der Waals surface area contributed by atoms with Crippen molar-refractivity contribution in [2.45, 2.75) is 53.1 Å². The Labute approximate surface area is 118 Å². The van der Waals surface area contributed by atoms with E-state index in [0.29, 0.717) is 18.0 Å². The molecule has 0 spiro atoms. The highest BCUT2D eigenvalue weighted by molar-refractivity contribution is 5.52. The molecule has 1 aromatic carbocycles. The molecule has 2 unspecified atom stereocenters. The predicted octanol–water partition coefficient (Wildman–Crippen LogP) is 3.52. The van der Waals surface area contributed by atoms with E-state index >= 15 is 0 Å². The molecule has 0 aromatic heterocycles. The molecule has 0 amide bonds. The molecule has 1 aliphatic rings. The topological polar surface area (TPSA) is 15.3 Å². The van der Waals surface area contributed by atoms with Crippen molar-refractivity contribution < 1.29 is 0 Å². The molecule has 1 heterocycles. The SMILES string of the molecule is CCC1CN(c2ccc(C)c(C)c2)C(C(C)C)CN1. The van der Waals surface area contributed by atoms with Crippen LogP contribution in [0, 0.1) is 19.8 Å². The van der Waals surface area contributed by atoms with Crippen LogP contribution >= 0.6 is 0 Å². The molecule has 19 heavy (non-hydrogen) atoms. The van der Waals surface area contributed by atoms with E-state index in [1.807, 2.05) is 0 Å². The zero-order chi connectivity index (χ0) is 14.0. The molecule has 2 nitrogen and oxygen atoms in total. The number of benzene rings is 1. The van der Waals surface area contributed by atoms with E-state index in [2.05, 4.69) is 63.0 Å². The number of nitrogens with one attached hydrogen (secondary N) is 1. The van der Waals surface area contributed by atoms with Crippen molar-refractivity contribution in [1.29, 1.82) is 0 Å². The number of hydrogen-bond donors (Lipinski definition) is 1. The van der Waals surface area contributed by atoms with E-state index in [-0.39, 0.29) is 0 Å². The molecule has 2 rings (SSSR count). The van der Waals surface area contributed by atoms with Gasteiger partial charge in [-0.3, -0.25) is 0 Å². The lowest BCUT2D eigenvalue weighted by Gasteiger charge is -2.44. The van der Waals surface area contributed by atoms with Gasteiger partial charge >= 0.3 is 0 Å². The smallest absolute Gasteiger partial charge is 0.0438 e. The summed E-state index contributed by atoms with van der Waals surface area (Å²) in [5, 5.41) is 3.68. The van der Waals surface area contributed by atoms with Gasteiger partial charge in [0.15, 0.2) is 0 Å². The summed E-state index contributed by atoms with van der Waals surface area (Å²) in [5.74, 6) is 0.673. The van der Waals surface area contributed by atoms with Crippen molar-refractivity contribution in [2.75, 3.05) is 18.0 Å². The maximum atomic E-state index is 3.68. The summed E-state index contributed by atoms with van der Waals surface area (Å²) in [7, 11) is 0. The van der Waals surface area contributed by atoms with Crippen LogP contribution < -0.4 is 10.2 Å². The second-order valence-corrected chi connectivity index (χ2v) is 6.25. The summed E-state index contributed by atoms with van der Waals surface area (Å²) in [4.78, 5) is 2.61. The first-order chi connectivity index (χ1) is 9.02. The number of rotatable bonds is 3. The summed E-state index contributed by atoms with van der Waals surface area (Å²) in [6.07, 6.45) is 1.20. The average Bonchev–Trinajstić information content (AvgIpc) is 2.41. The molecule has 0 aliphatic carbocycles. The lowest BCUT2D eigenvalue weighted by atomic mass is 9.96. The highest BCUT2D eigenvalue weighted by Crippen LogP contribution is 2.26. The first-order valence-corrected chi connectivity index (χ1v) is 7.60. The van der Waals surface area contributed by atoms with Gasteiger partial charge in [-0.1, -0.05) is 26.8 Å². The molecular weight excluding hydrogens is 232 g/mol. The minimum atomic E-state index is 0.602. The normalized spacial score (nSPS) is 24.0. The second kappa shape index (κ2) is 5.96. The van der Waals surface area contributed by atoms with Crippen molar-refractivity contribution >= 4 is 5.69 Å². The van der Waals surface area contributed by atoms with Gasteiger partial charge in [-0.15, -0.1) is 0 Å². The number of aryl methyl sites for hydroxylation is 2. The fraction of sp³-hybridized carbons (Fsp3) is 0.647. The van der Waals surface area contributed by atoms with Crippen molar-refractivity contribution in [3.05, 3.63) is 29.3 Å². The molecule has 106 valence electrons. The van der Waals surface area contributed by atoms with Crippen LogP contribution in [0.4, 0.5) is 5.69 Å². The van der Waals surface area contributed by atoms with Gasteiger partial charge in [-0.05, 0) is 49.4 Å². The summed E-state index contributed by atoms with van der Waals surface area (Å²) in [6, 6.07) is 8.12. The molecule has 1 fully saturated rings. The minimum absolute atomic E-state index is 0.602. The molecule has 0 bridgehead atoms. The Morgan fingerprint density at radius 1 is 1.26 bits per heavy atom. The Morgan fingerprint density at radius 3 is 2.58 bits per heavy atom. The van der Waals surface area contributed by atoms with Gasteiger partial charge in [0.25, 0.3) is 0 Å². The van der Waals surface area contributed by atoms with Gasteiger partial charge in [0.2, 0.25) is 0 Å². The Kier molecular flexibility index (Phi) is 4.51. The van der Waals surface area contributed by atoms with E-state index < -0.39 is 0 Å². The molecule has 1 N–H and O–H groups in total. The number of hydrogen-bond acceptors (Lipinski definition) is 2.